The van der Waals surface area contributed by atoms with Crippen LogP contribution in [0.4, 0.5) is 0 Å². The first kappa shape index (κ1) is 21.2. The number of nitrogens with two attached hydrogens (primary N) is 1. The van der Waals surface area contributed by atoms with Gasteiger partial charge >= 0.3 is 0 Å². The maximum absolute atomic E-state index is 12.2. The standard InChI is InChI=1S/C16H31NO4S/c1-6-7-11-15(2,3)13(18)10-8-9-12-16(4,5)14(19)22(17,20)21/h6-12H2,1-5H3,(H2,17,20,21). The van der Waals surface area contributed by atoms with Crippen LogP contribution in [0.1, 0.15) is 79.6 Å². The summed E-state index contributed by atoms with van der Waals surface area (Å²) in [4.78, 5) is 23.9. The average molecular weight is 333 g/mol. The number of hydrogen-bond acceptors (Lipinski definition) is 4. The van der Waals surface area contributed by atoms with E-state index in [-0.39, 0.29) is 11.2 Å². The molecule has 0 aliphatic heterocycles. The van der Waals surface area contributed by atoms with Crippen molar-refractivity contribution in [3.8, 4) is 0 Å². The van der Waals surface area contributed by atoms with Crippen LogP contribution in [0.15, 0.2) is 0 Å². The van der Waals surface area contributed by atoms with Gasteiger partial charge in [-0.1, -0.05) is 53.9 Å². The second-order valence-corrected chi connectivity index (χ2v) is 8.79. The predicted molar refractivity (Wildman–Crippen MR) is 88.7 cm³/mol. The van der Waals surface area contributed by atoms with Crippen molar-refractivity contribution in [2.75, 3.05) is 0 Å². The molecule has 0 aliphatic rings. The van der Waals surface area contributed by atoms with Gasteiger partial charge in [0.1, 0.15) is 5.78 Å². The molecular formula is C16H31NO4S. The summed E-state index contributed by atoms with van der Waals surface area (Å²) in [6.07, 6.45) is 5.16. The summed E-state index contributed by atoms with van der Waals surface area (Å²) in [5.41, 5.74) is -1.31. The van der Waals surface area contributed by atoms with Gasteiger partial charge in [0.05, 0.1) is 0 Å². The summed E-state index contributed by atoms with van der Waals surface area (Å²) in [7, 11) is -4.15. The number of carbonyl (C=O) groups excluding carboxylic acids is 2. The lowest BCUT2D eigenvalue weighted by Crippen LogP contribution is -2.35. The summed E-state index contributed by atoms with van der Waals surface area (Å²) < 4.78 is 22.2. The van der Waals surface area contributed by atoms with Crippen LogP contribution in [0, 0.1) is 10.8 Å². The van der Waals surface area contributed by atoms with Crippen LogP contribution in [0.5, 0.6) is 0 Å². The summed E-state index contributed by atoms with van der Waals surface area (Å²) in [6, 6.07) is 0. The zero-order valence-electron chi connectivity index (χ0n) is 14.6. The van der Waals surface area contributed by atoms with E-state index < -0.39 is 20.6 Å². The van der Waals surface area contributed by atoms with E-state index in [0.717, 1.165) is 19.3 Å². The number of ketones is 1. The minimum absolute atomic E-state index is 0.233. The molecule has 2 N–H and O–H groups in total. The van der Waals surface area contributed by atoms with E-state index in [0.29, 0.717) is 25.7 Å². The zero-order chi connectivity index (χ0) is 17.6. The highest BCUT2D eigenvalue weighted by atomic mass is 32.2. The zero-order valence-corrected chi connectivity index (χ0v) is 15.4. The van der Waals surface area contributed by atoms with Crippen LogP contribution in [-0.2, 0) is 19.6 Å². The molecule has 0 rings (SSSR count). The SMILES string of the molecule is CCCCC(C)(C)C(=O)CCCCC(C)(C)C(=O)S(N)(=O)=O. The Labute approximate surface area is 135 Å². The summed E-state index contributed by atoms with van der Waals surface area (Å²) >= 11 is 0. The van der Waals surface area contributed by atoms with E-state index in [2.05, 4.69) is 6.92 Å². The van der Waals surface area contributed by atoms with Gasteiger partial charge in [0.25, 0.3) is 15.1 Å². The largest absolute Gasteiger partial charge is 0.299 e. The fourth-order valence-electron chi connectivity index (χ4n) is 2.44. The fraction of sp³-hybridized carbons (Fsp3) is 0.875. The molecule has 0 spiro atoms. The van der Waals surface area contributed by atoms with Crippen LogP contribution in [0.2, 0.25) is 0 Å². The van der Waals surface area contributed by atoms with Crippen molar-refractivity contribution in [3.63, 3.8) is 0 Å². The number of Topliss-reactive ketones (excluding diaryl/α,β-unsaturated/α-hetero) is 1. The van der Waals surface area contributed by atoms with E-state index >= 15 is 0 Å². The molecule has 0 radical (unpaired) electrons. The number of rotatable bonds is 10. The summed E-state index contributed by atoms with van der Waals surface area (Å²) in [5.74, 6) is 0.233. The van der Waals surface area contributed by atoms with Gasteiger partial charge in [-0.15, -0.1) is 0 Å². The van der Waals surface area contributed by atoms with Gasteiger partial charge in [-0.05, 0) is 19.3 Å². The Bertz CT molecular complexity index is 492. The molecule has 6 heteroatoms. The van der Waals surface area contributed by atoms with Crippen LogP contribution in [-0.4, -0.2) is 19.3 Å². The van der Waals surface area contributed by atoms with Crippen LogP contribution in [0.25, 0.3) is 0 Å². The summed E-state index contributed by atoms with van der Waals surface area (Å²) in [6.45, 7) is 9.20. The molecule has 0 aromatic rings. The Balaban J connectivity index is 4.33. The monoisotopic (exact) mass is 333 g/mol. The quantitative estimate of drug-likeness (QED) is 0.621. The minimum Gasteiger partial charge on any atom is -0.299 e. The molecule has 22 heavy (non-hydrogen) atoms. The van der Waals surface area contributed by atoms with Gasteiger partial charge in [0.2, 0.25) is 0 Å². The Kier molecular flexibility index (Phi) is 7.92. The maximum Gasteiger partial charge on any atom is 0.272 e. The van der Waals surface area contributed by atoms with E-state index in [4.69, 9.17) is 5.14 Å². The normalized spacial score (nSPS) is 13.2. The Morgan fingerprint density at radius 1 is 0.909 bits per heavy atom. The van der Waals surface area contributed by atoms with E-state index in [1.807, 2.05) is 13.8 Å². The molecule has 0 aromatic heterocycles. The molecule has 0 aliphatic carbocycles. The number of carbonyl (C=O) groups is 2. The fourth-order valence-corrected chi connectivity index (χ4v) is 3.31. The van der Waals surface area contributed by atoms with Gasteiger partial charge in [-0.25, -0.2) is 13.6 Å². The van der Waals surface area contributed by atoms with Gasteiger partial charge < -0.3 is 0 Å². The van der Waals surface area contributed by atoms with E-state index in [1.165, 1.54) is 0 Å². The van der Waals surface area contributed by atoms with Gasteiger partial charge in [0, 0.05) is 17.3 Å². The molecule has 0 unspecified atom stereocenters. The van der Waals surface area contributed by atoms with Crippen molar-refractivity contribution >= 4 is 20.9 Å². The topological polar surface area (TPSA) is 94.3 Å². The third-order valence-electron chi connectivity index (χ3n) is 4.18. The van der Waals surface area contributed by atoms with E-state index in [1.54, 1.807) is 13.8 Å². The molecule has 0 fully saturated rings. The first-order valence-corrected chi connectivity index (χ1v) is 9.50. The van der Waals surface area contributed by atoms with Crippen molar-refractivity contribution < 1.29 is 18.0 Å². The third-order valence-corrected chi connectivity index (χ3v) is 5.25. The number of hydrogen-bond donors (Lipinski definition) is 1. The molecule has 0 aromatic carbocycles. The third kappa shape index (κ3) is 7.01. The number of sulfonamides is 1. The molecule has 0 saturated carbocycles. The highest BCUT2D eigenvalue weighted by Crippen LogP contribution is 2.29. The van der Waals surface area contributed by atoms with Crippen LogP contribution >= 0.6 is 0 Å². The van der Waals surface area contributed by atoms with Gasteiger partial charge in [-0.3, -0.25) is 9.59 Å². The average Bonchev–Trinajstić information content (AvgIpc) is 2.39. The van der Waals surface area contributed by atoms with Crippen molar-refractivity contribution in [3.05, 3.63) is 0 Å². The number of unbranched alkanes of at least 4 members (excludes halogenated alkanes) is 2. The molecule has 0 saturated heterocycles. The highest BCUT2D eigenvalue weighted by molar-refractivity contribution is 8.04. The molecular weight excluding hydrogens is 302 g/mol. The first-order valence-electron chi connectivity index (χ1n) is 7.95. The van der Waals surface area contributed by atoms with E-state index in [9.17, 15) is 18.0 Å². The highest BCUT2D eigenvalue weighted by Gasteiger charge is 2.35. The smallest absolute Gasteiger partial charge is 0.272 e. The van der Waals surface area contributed by atoms with Crippen molar-refractivity contribution in [2.45, 2.75) is 79.6 Å². The van der Waals surface area contributed by atoms with Crippen molar-refractivity contribution in [1.29, 1.82) is 0 Å². The predicted octanol–water partition coefficient (Wildman–Crippen LogP) is 3.17. The maximum atomic E-state index is 12.2. The summed E-state index contributed by atoms with van der Waals surface area (Å²) in [5, 5.41) is 3.95. The molecule has 0 heterocycles. The Morgan fingerprint density at radius 2 is 1.41 bits per heavy atom. The van der Waals surface area contributed by atoms with Crippen LogP contribution in [0.3, 0.4) is 0 Å². The second-order valence-electron chi connectivity index (χ2n) is 7.33. The molecule has 5 nitrogen and oxygen atoms in total. The van der Waals surface area contributed by atoms with Crippen molar-refractivity contribution in [2.24, 2.45) is 16.0 Å². The first-order chi connectivity index (χ1) is 9.84. The Hall–Kier alpha value is -0.750. The van der Waals surface area contributed by atoms with Gasteiger partial charge in [0.15, 0.2) is 0 Å². The second kappa shape index (κ2) is 8.20. The lowest BCUT2D eigenvalue weighted by atomic mass is 9.80. The lowest BCUT2D eigenvalue weighted by molar-refractivity contribution is -0.127. The van der Waals surface area contributed by atoms with Crippen molar-refractivity contribution in [1.82, 2.24) is 0 Å². The van der Waals surface area contributed by atoms with Crippen LogP contribution < -0.4 is 5.14 Å². The minimum atomic E-state index is -4.15. The molecule has 0 bridgehead atoms. The lowest BCUT2D eigenvalue weighted by Gasteiger charge is -2.24. The van der Waals surface area contributed by atoms with Gasteiger partial charge in [-0.2, -0.15) is 0 Å². The number of primary sulfonamides is 1. The molecule has 130 valence electrons. The molecule has 0 amide bonds. The molecule has 0 atom stereocenters. The Morgan fingerprint density at radius 3 is 1.86 bits per heavy atom.